The highest BCUT2D eigenvalue weighted by Crippen LogP contribution is 2.29. The molecule has 4 N–H and O–H groups in total. The summed E-state index contributed by atoms with van der Waals surface area (Å²) in [5.74, 6) is 1.79. The third-order valence-corrected chi connectivity index (χ3v) is 7.11. The summed E-state index contributed by atoms with van der Waals surface area (Å²) in [7, 11) is 0. The van der Waals surface area contributed by atoms with Crippen LogP contribution in [0.15, 0.2) is 30.6 Å². The van der Waals surface area contributed by atoms with E-state index in [1.165, 1.54) is 0 Å². The molecular formula is C26H36N8O3. The topological polar surface area (TPSA) is 134 Å². The smallest absolute Gasteiger partial charge is 0.229 e. The number of nitrogens with one attached hydrogen (secondary N) is 1. The molecule has 0 radical (unpaired) electrons. The number of fused-ring (bicyclic) bond motifs is 1. The van der Waals surface area contributed by atoms with E-state index in [1.807, 2.05) is 18.3 Å². The van der Waals surface area contributed by atoms with Gasteiger partial charge in [-0.15, -0.1) is 0 Å². The summed E-state index contributed by atoms with van der Waals surface area (Å²) in [6.07, 6.45) is 3.97. The van der Waals surface area contributed by atoms with E-state index in [9.17, 15) is 10.2 Å². The minimum Gasteiger partial charge on any atom is -0.395 e. The van der Waals surface area contributed by atoms with Gasteiger partial charge >= 0.3 is 0 Å². The van der Waals surface area contributed by atoms with Gasteiger partial charge in [-0.1, -0.05) is 6.07 Å². The molecule has 1 atom stereocenters. The summed E-state index contributed by atoms with van der Waals surface area (Å²) in [6.45, 7) is 8.76. The van der Waals surface area contributed by atoms with Crippen molar-refractivity contribution < 1.29 is 15.3 Å². The highest BCUT2D eigenvalue weighted by Gasteiger charge is 2.23. The molecule has 3 aromatic heterocycles. The van der Waals surface area contributed by atoms with Crippen molar-refractivity contribution >= 4 is 28.5 Å². The zero-order chi connectivity index (χ0) is 25.8. The van der Waals surface area contributed by atoms with Gasteiger partial charge in [0, 0.05) is 70.1 Å². The number of hydrogen-bond acceptors (Lipinski definition) is 11. The van der Waals surface area contributed by atoms with Gasteiger partial charge in [0.25, 0.3) is 0 Å². The number of piperazine rings is 1. The molecule has 11 nitrogen and oxygen atoms in total. The summed E-state index contributed by atoms with van der Waals surface area (Å²) in [4.78, 5) is 25.3. The van der Waals surface area contributed by atoms with Gasteiger partial charge < -0.3 is 25.5 Å². The number of aliphatic hydroxyl groups excluding tert-OH is 3. The van der Waals surface area contributed by atoms with E-state index in [1.54, 1.807) is 13.1 Å². The molecule has 0 aliphatic carbocycles. The molecule has 0 bridgehead atoms. The van der Waals surface area contributed by atoms with Crippen LogP contribution in [0.3, 0.4) is 0 Å². The Morgan fingerprint density at radius 2 is 1.76 bits per heavy atom. The van der Waals surface area contributed by atoms with Crippen molar-refractivity contribution in [2.24, 2.45) is 0 Å². The van der Waals surface area contributed by atoms with Crippen molar-refractivity contribution in [1.29, 1.82) is 0 Å². The molecule has 2 aliphatic rings. The van der Waals surface area contributed by atoms with Crippen LogP contribution in [0.5, 0.6) is 0 Å². The second kappa shape index (κ2) is 11.6. The highest BCUT2D eigenvalue weighted by atomic mass is 16.3. The van der Waals surface area contributed by atoms with Gasteiger partial charge in [-0.2, -0.15) is 0 Å². The van der Waals surface area contributed by atoms with Crippen molar-refractivity contribution in [2.45, 2.75) is 38.5 Å². The van der Waals surface area contributed by atoms with Gasteiger partial charge in [0.05, 0.1) is 24.5 Å². The maximum absolute atomic E-state index is 10.2. The molecule has 11 heteroatoms. The molecule has 5 rings (SSSR count). The molecule has 2 aliphatic heterocycles. The lowest BCUT2D eigenvalue weighted by Gasteiger charge is -2.34. The van der Waals surface area contributed by atoms with E-state index < -0.39 is 6.10 Å². The third-order valence-electron chi connectivity index (χ3n) is 7.11. The zero-order valence-electron chi connectivity index (χ0n) is 21.3. The second-order valence-corrected chi connectivity index (χ2v) is 9.91. The predicted molar refractivity (Wildman–Crippen MR) is 142 cm³/mol. The molecule has 2 saturated heterocycles. The third kappa shape index (κ3) is 6.31. The fraction of sp³-hybridized carbons (Fsp3) is 0.538. The SMILES string of the molecule is C[C@@H](O)c1cc2cnc(Nc3ccc(CN4CCN(CCO)CC4)cn3)nc2c(N2CCC(O)CC2)n1. The number of hydrogen-bond donors (Lipinski definition) is 4. The first kappa shape index (κ1) is 25.7. The van der Waals surface area contributed by atoms with E-state index >= 15 is 0 Å². The van der Waals surface area contributed by atoms with Gasteiger partial charge in [-0.3, -0.25) is 9.80 Å². The molecule has 0 unspecified atom stereocenters. The van der Waals surface area contributed by atoms with Gasteiger partial charge in [-0.05, 0) is 37.5 Å². The molecule has 5 heterocycles. The normalized spacial score (nSPS) is 18.9. The lowest BCUT2D eigenvalue weighted by atomic mass is 10.1. The number of anilines is 3. The van der Waals surface area contributed by atoms with Crippen LogP contribution in [0.25, 0.3) is 10.9 Å². The van der Waals surface area contributed by atoms with Gasteiger partial charge in [0.2, 0.25) is 5.95 Å². The zero-order valence-corrected chi connectivity index (χ0v) is 21.3. The van der Waals surface area contributed by atoms with E-state index in [2.05, 4.69) is 36.1 Å². The Labute approximate surface area is 216 Å². The Balaban J connectivity index is 1.29. The number of β-amino-alcohol motifs (C(OH)–C–C–N with tert-alkyl or cyclic N) is 1. The summed E-state index contributed by atoms with van der Waals surface area (Å²) >= 11 is 0. The van der Waals surface area contributed by atoms with Crippen LogP contribution >= 0.6 is 0 Å². The molecule has 3 aromatic rings. The number of aromatic nitrogens is 4. The molecular weight excluding hydrogens is 472 g/mol. The number of piperidine rings is 1. The molecule has 198 valence electrons. The van der Waals surface area contributed by atoms with Crippen LogP contribution in [0, 0.1) is 0 Å². The van der Waals surface area contributed by atoms with Crippen LogP contribution in [0.2, 0.25) is 0 Å². The Morgan fingerprint density at radius 1 is 1.00 bits per heavy atom. The summed E-state index contributed by atoms with van der Waals surface area (Å²) in [5, 5.41) is 33.2. The van der Waals surface area contributed by atoms with E-state index in [-0.39, 0.29) is 12.7 Å². The fourth-order valence-electron chi connectivity index (χ4n) is 4.89. The minimum absolute atomic E-state index is 0.211. The first-order chi connectivity index (χ1) is 18.0. The average Bonchev–Trinajstić information content (AvgIpc) is 2.91. The second-order valence-electron chi connectivity index (χ2n) is 9.91. The number of aliphatic hydroxyl groups is 3. The van der Waals surface area contributed by atoms with Crippen molar-refractivity contribution in [3.05, 3.63) is 41.9 Å². The molecule has 0 saturated carbocycles. The maximum atomic E-state index is 10.2. The maximum Gasteiger partial charge on any atom is 0.229 e. The molecule has 0 amide bonds. The number of pyridine rings is 2. The van der Waals surface area contributed by atoms with Gasteiger partial charge in [0.15, 0.2) is 5.82 Å². The average molecular weight is 509 g/mol. The summed E-state index contributed by atoms with van der Waals surface area (Å²) in [6, 6.07) is 5.83. The fourth-order valence-corrected chi connectivity index (χ4v) is 4.89. The van der Waals surface area contributed by atoms with Crippen LogP contribution in [-0.2, 0) is 6.54 Å². The van der Waals surface area contributed by atoms with E-state index in [0.29, 0.717) is 54.7 Å². The van der Waals surface area contributed by atoms with Crippen molar-refractivity contribution in [2.75, 3.05) is 62.6 Å². The first-order valence-corrected chi connectivity index (χ1v) is 13.0. The van der Waals surface area contributed by atoms with E-state index in [0.717, 1.165) is 50.2 Å². The first-order valence-electron chi connectivity index (χ1n) is 13.0. The molecule has 37 heavy (non-hydrogen) atoms. The summed E-state index contributed by atoms with van der Waals surface area (Å²) in [5.41, 5.74) is 2.42. The Bertz CT molecular complexity index is 1180. The van der Waals surface area contributed by atoms with Crippen LogP contribution in [0.1, 0.15) is 37.1 Å². The monoisotopic (exact) mass is 508 g/mol. The largest absolute Gasteiger partial charge is 0.395 e. The van der Waals surface area contributed by atoms with E-state index in [4.69, 9.17) is 15.1 Å². The Morgan fingerprint density at radius 3 is 2.43 bits per heavy atom. The van der Waals surface area contributed by atoms with Crippen LogP contribution in [0.4, 0.5) is 17.6 Å². The predicted octanol–water partition coefficient (Wildman–Crippen LogP) is 1.29. The molecule has 0 spiro atoms. The van der Waals surface area contributed by atoms with Gasteiger partial charge in [0.1, 0.15) is 11.3 Å². The van der Waals surface area contributed by atoms with Crippen LogP contribution < -0.4 is 10.2 Å². The van der Waals surface area contributed by atoms with Crippen LogP contribution in [-0.4, -0.2) is 104 Å². The molecule has 0 aromatic carbocycles. The van der Waals surface area contributed by atoms with Gasteiger partial charge in [-0.25, -0.2) is 19.9 Å². The lowest BCUT2D eigenvalue weighted by molar-refractivity contribution is 0.108. The number of nitrogens with zero attached hydrogens (tertiary/aromatic N) is 7. The Kier molecular flexibility index (Phi) is 8.06. The molecule has 2 fully saturated rings. The van der Waals surface area contributed by atoms with Crippen molar-refractivity contribution in [1.82, 2.24) is 29.7 Å². The number of rotatable bonds is 8. The standard InChI is InChI=1S/C26H36N8O3/c1-18(36)22-14-20-16-28-26(31-24(20)25(29-22)34-6-4-21(37)5-7-34)30-23-3-2-19(15-27-23)17-33-10-8-32(9-11-33)12-13-35/h2-3,14-16,18,21,35-37H,4-13,17H2,1H3,(H,27,28,30,31)/t18-/m1/s1. The summed E-state index contributed by atoms with van der Waals surface area (Å²) < 4.78 is 0. The minimum atomic E-state index is -0.705. The lowest BCUT2D eigenvalue weighted by Crippen LogP contribution is -2.46. The Hall–Kier alpha value is -2.96. The van der Waals surface area contributed by atoms with Crippen molar-refractivity contribution in [3.63, 3.8) is 0 Å². The highest BCUT2D eigenvalue weighted by molar-refractivity contribution is 5.89. The quantitative estimate of drug-likeness (QED) is 0.351. The van der Waals surface area contributed by atoms with Crippen molar-refractivity contribution in [3.8, 4) is 0 Å².